The summed E-state index contributed by atoms with van der Waals surface area (Å²) in [6, 6.07) is 12.2. The summed E-state index contributed by atoms with van der Waals surface area (Å²) >= 11 is 15.9. The van der Waals surface area contributed by atoms with Crippen LogP contribution in [-0.4, -0.2) is 76.4 Å². The Balaban J connectivity index is 1.36. The number of carboxylic acid groups (broad SMARTS) is 1. The number of aryl methyl sites for hydroxylation is 1. The van der Waals surface area contributed by atoms with Gasteiger partial charge in [-0.2, -0.15) is 8.42 Å². The number of nitrogens with zero attached hydrogens (tertiary/aromatic N) is 2. The number of fused-ring (bicyclic) bond motifs is 7. The van der Waals surface area contributed by atoms with E-state index < -0.39 is 43.0 Å². The maximum absolute atomic E-state index is 13.4. The van der Waals surface area contributed by atoms with Crippen LogP contribution < -0.4 is 18.9 Å². The van der Waals surface area contributed by atoms with Gasteiger partial charge in [-0.1, -0.05) is 66.6 Å². The molecule has 0 unspecified atom stereocenters. The highest BCUT2D eigenvalue weighted by Gasteiger charge is 2.32. The second-order valence-electron chi connectivity index (χ2n) is 16.4. The fraction of sp³-hybridized carbons (Fsp3) is 0.386. The zero-order valence-electron chi connectivity index (χ0n) is 34.8. The Morgan fingerprint density at radius 2 is 1.74 bits per heavy atom. The maximum Gasteiger partial charge on any atom is 0.345 e. The summed E-state index contributed by atoms with van der Waals surface area (Å²) in [7, 11) is -5.57. The normalized spacial score (nSPS) is 17.0. The van der Waals surface area contributed by atoms with E-state index in [4.69, 9.17) is 51.1 Å². The number of benzene rings is 3. The van der Waals surface area contributed by atoms with Gasteiger partial charge >= 0.3 is 5.97 Å². The number of aliphatic carboxylic acids is 1. The van der Waals surface area contributed by atoms with Gasteiger partial charge in [-0.05, 0) is 98.7 Å². The molecule has 0 radical (unpaired) electrons. The van der Waals surface area contributed by atoms with E-state index in [1.165, 1.54) is 29.8 Å². The molecule has 4 bridgehead atoms. The van der Waals surface area contributed by atoms with E-state index in [1.807, 2.05) is 20.8 Å². The van der Waals surface area contributed by atoms with Crippen molar-refractivity contribution in [1.82, 2.24) is 9.97 Å². The van der Waals surface area contributed by atoms with Crippen LogP contribution in [-0.2, 0) is 30.3 Å². The highest BCUT2D eigenvalue weighted by molar-refractivity contribution is 7.86. The molecule has 3 aromatic carbocycles. The fourth-order valence-corrected chi connectivity index (χ4v) is 10.6. The van der Waals surface area contributed by atoms with Gasteiger partial charge in [0.2, 0.25) is 12.0 Å². The molecule has 4 heterocycles. The third kappa shape index (κ3) is 10.2. The topological polar surface area (TPSA) is 153 Å². The molecule has 2 aliphatic heterocycles. The molecule has 0 saturated carbocycles. The average molecular weight is 928 g/mol. The third-order valence-electron chi connectivity index (χ3n) is 10.5. The van der Waals surface area contributed by atoms with E-state index in [1.54, 1.807) is 30.3 Å². The number of allylic oxidation sites excluding steroid dienone is 2. The summed E-state index contributed by atoms with van der Waals surface area (Å²) < 4.78 is 63.5. The second kappa shape index (κ2) is 18.6. The zero-order chi connectivity index (χ0) is 43.6. The zero-order valence-corrected chi connectivity index (χ0v) is 38.9. The fourth-order valence-electron chi connectivity index (χ4n) is 7.17. The van der Waals surface area contributed by atoms with Crippen molar-refractivity contribution in [3.8, 4) is 34.3 Å². The van der Waals surface area contributed by atoms with Gasteiger partial charge in [0, 0.05) is 37.1 Å². The number of carbonyl (C=O) groups is 1. The number of thiophene rings is 1. The molecule has 1 N–H and O–H groups in total. The Labute approximate surface area is 370 Å². The van der Waals surface area contributed by atoms with Gasteiger partial charge < -0.3 is 28.8 Å². The van der Waals surface area contributed by atoms with E-state index in [0.717, 1.165) is 46.9 Å². The van der Waals surface area contributed by atoms with Gasteiger partial charge in [0.25, 0.3) is 10.1 Å². The van der Waals surface area contributed by atoms with Crippen LogP contribution in [0, 0.1) is 20.8 Å². The van der Waals surface area contributed by atoms with Gasteiger partial charge in [-0.25, -0.2) is 14.8 Å². The van der Waals surface area contributed by atoms with E-state index in [-0.39, 0.29) is 46.4 Å². The molecule has 5 aromatic rings. The molecule has 61 heavy (non-hydrogen) atoms. The number of hydrogen-bond donors (Lipinski definition) is 1. The van der Waals surface area contributed by atoms with Crippen LogP contribution in [0.4, 0.5) is 0 Å². The average Bonchev–Trinajstić information content (AvgIpc) is 3.89. The summed E-state index contributed by atoms with van der Waals surface area (Å²) in [6.07, 6.45) is 3.62. The largest absolute Gasteiger partial charge is 0.490 e. The van der Waals surface area contributed by atoms with Gasteiger partial charge in [0.05, 0.1) is 20.3 Å². The van der Waals surface area contributed by atoms with Gasteiger partial charge in [-0.15, -0.1) is 11.3 Å². The Hall–Kier alpha value is -4.22. The predicted molar refractivity (Wildman–Crippen MR) is 240 cm³/mol. The van der Waals surface area contributed by atoms with Crippen LogP contribution in [0.1, 0.15) is 46.4 Å². The smallest absolute Gasteiger partial charge is 0.345 e. The van der Waals surface area contributed by atoms with E-state index in [2.05, 4.69) is 35.7 Å². The summed E-state index contributed by atoms with van der Waals surface area (Å²) in [5.74, 6) is -0.345. The van der Waals surface area contributed by atoms with Gasteiger partial charge in [0.1, 0.15) is 35.9 Å². The van der Waals surface area contributed by atoms with E-state index >= 15 is 0 Å². The first-order chi connectivity index (χ1) is 29.0. The minimum absolute atomic E-state index is 0.0187. The maximum atomic E-state index is 13.4. The van der Waals surface area contributed by atoms with Crippen molar-refractivity contribution in [3.63, 3.8) is 0 Å². The first-order valence-corrected chi connectivity index (χ1v) is 26.6. The minimum atomic E-state index is -4.22. The lowest BCUT2D eigenvalue weighted by Gasteiger charge is -2.24. The van der Waals surface area contributed by atoms with Crippen LogP contribution >= 0.6 is 34.5 Å². The lowest BCUT2D eigenvalue weighted by Crippen LogP contribution is -2.32. The van der Waals surface area contributed by atoms with Gasteiger partial charge in [0.15, 0.2) is 18.6 Å². The Morgan fingerprint density at radius 1 is 1.00 bits per heavy atom. The van der Waals surface area contributed by atoms with Crippen LogP contribution in [0.25, 0.3) is 26.9 Å². The molecular formula is C44H48Cl2N2O10S2Si. The van der Waals surface area contributed by atoms with Crippen molar-refractivity contribution in [2.45, 2.75) is 89.2 Å². The standard InChI is InChI=1S/C44H48Cl2N2O10S2Si/c1-25-11-14-32(15-12-25)60(51,52)56-22-31-21-54-30-13-16-33(55-24-53-17-18-61(4,5)6)29(19-30)20-34(44(49)50)58-42-37-36(35-26(2)38(45)40(57-31)39(46)27(35)3)41(28-9-7-8-10-28)59-43(37)48-23-47-42/h9,11-16,19,23,31,34H,7-8,10,17-18,20-22,24H2,1-6H3,(H,49,50)/t31-,34+/m0/s1. The molecule has 0 spiro atoms. The second-order valence-corrected chi connectivity index (χ2v) is 25.4. The lowest BCUT2D eigenvalue weighted by molar-refractivity contribution is -0.145. The highest BCUT2D eigenvalue weighted by Crippen LogP contribution is 2.53. The molecule has 0 fully saturated rings. The molecule has 1 aliphatic carbocycles. The lowest BCUT2D eigenvalue weighted by atomic mass is 9.91. The van der Waals surface area contributed by atoms with Crippen molar-refractivity contribution in [1.29, 1.82) is 0 Å². The molecular weight excluding hydrogens is 880 g/mol. The summed E-state index contributed by atoms with van der Waals surface area (Å²) in [4.78, 5) is 23.8. The number of hydrogen-bond acceptors (Lipinski definition) is 12. The predicted octanol–water partition coefficient (Wildman–Crippen LogP) is 10.5. The summed E-state index contributed by atoms with van der Waals surface area (Å²) in [6.45, 7) is 12.1. The van der Waals surface area contributed by atoms with Crippen molar-refractivity contribution in [2.75, 3.05) is 26.6 Å². The molecule has 2 atom stereocenters. The van der Waals surface area contributed by atoms with Crippen LogP contribution in [0.2, 0.25) is 35.7 Å². The summed E-state index contributed by atoms with van der Waals surface area (Å²) in [5, 5.41) is 11.6. The molecule has 8 rings (SSSR count). The van der Waals surface area contributed by atoms with Crippen LogP contribution in [0.15, 0.2) is 59.8 Å². The van der Waals surface area contributed by atoms with E-state index in [0.29, 0.717) is 50.6 Å². The molecule has 17 heteroatoms. The number of halogens is 2. The van der Waals surface area contributed by atoms with Crippen LogP contribution in [0.5, 0.6) is 23.1 Å². The molecule has 0 saturated heterocycles. The van der Waals surface area contributed by atoms with Crippen molar-refractivity contribution in [2.24, 2.45) is 0 Å². The third-order valence-corrected chi connectivity index (χ3v) is 15.6. The number of carboxylic acids is 1. The first kappa shape index (κ1) is 44.8. The van der Waals surface area contributed by atoms with Crippen molar-refractivity contribution < 1.29 is 46.2 Å². The number of aromatic nitrogens is 2. The first-order valence-electron chi connectivity index (χ1n) is 19.9. The van der Waals surface area contributed by atoms with Crippen molar-refractivity contribution in [3.05, 3.63) is 92.0 Å². The minimum Gasteiger partial charge on any atom is -0.490 e. The van der Waals surface area contributed by atoms with E-state index in [9.17, 15) is 18.3 Å². The highest BCUT2D eigenvalue weighted by atomic mass is 35.5. The number of ether oxygens (including phenoxy) is 5. The Bertz CT molecular complexity index is 2560. The van der Waals surface area contributed by atoms with Crippen molar-refractivity contribution >= 4 is 74.5 Å². The summed E-state index contributed by atoms with van der Waals surface area (Å²) in [5.41, 5.74) is 5.09. The Kier molecular flexibility index (Phi) is 13.7. The monoisotopic (exact) mass is 926 g/mol. The molecule has 12 nitrogen and oxygen atoms in total. The quantitative estimate of drug-likeness (QED) is 0.0548. The molecule has 324 valence electrons. The Morgan fingerprint density at radius 3 is 2.41 bits per heavy atom. The van der Waals surface area contributed by atoms with Crippen LogP contribution in [0.3, 0.4) is 0 Å². The molecule has 0 amide bonds. The SMILES string of the molecule is Cc1ccc(S(=O)(=O)OC[C@@H]2COc3ccc(OCOCC[Si](C)(C)C)c(c3)C[C@H](C(=O)O)Oc3ncnc4sc(C5=CCCC5)c(c34)-c3c(C)c(Cl)c(c(Cl)c3C)O2)cc1. The van der Waals surface area contributed by atoms with Gasteiger partial charge in [-0.3, -0.25) is 4.18 Å². The number of rotatable bonds is 12. The molecule has 2 aromatic heterocycles. The molecule has 3 aliphatic rings.